The minimum absolute atomic E-state index is 0.0503. The molecule has 0 bridgehead atoms. The second-order valence-corrected chi connectivity index (χ2v) is 5.90. The molecule has 0 atom stereocenters. The van der Waals surface area contributed by atoms with Crippen LogP contribution >= 0.6 is 0 Å². The minimum atomic E-state index is -0.205. The first-order valence-electron chi connectivity index (χ1n) is 8.22. The average Bonchev–Trinajstić information content (AvgIpc) is 3.16. The molecule has 6 heteroatoms. The largest absolute Gasteiger partial charge is 0.469 e. The van der Waals surface area contributed by atoms with E-state index < -0.39 is 0 Å². The Kier molecular flexibility index (Phi) is 5.12. The number of esters is 1. The van der Waals surface area contributed by atoms with E-state index in [1.165, 1.54) is 7.11 Å². The van der Waals surface area contributed by atoms with Gasteiger partial charge in [0.1, 0.15) is 5.84 Å². The van der Waals surface area contributed by atoms with Crippen LogP contribution in [0.5, 0.6) is 0 Å². The number of nitrogens with one attached hydrogen (secondary N) is 1. The van der Waals surface area contributed by atoms with E-state index in [1.807, 2.05) is 59.3 Å². The summed E-state index contributed by atoms with van der Waals surface area (Å²) < 4.78 is 6.60. The number of carbonyl (C=O) groups is 1. The molecule has 0 aliphatic heterocycles. The van der Waals surface area contributed by atoms with E-state index in [1.54, 1.807) is 6.33 Å². The number of amidine groups is 1. The van der Waals surface area contributed by atoms with Gasteiger partial charge in [-0.2, -0.15) is 0 Å². The molecule has 6 nitrogen and oxygen atoms in total. The first-order chi connectivity index (χ1) is 12.6. The third kappa shape index (κ3) is 3.97. The lowest BCUT2D eigenvalue weighted by molar-refractivity contribution is -0.140. The van der Waals surface area contributed by atoms with Gasteiger partial charge in [-0.15, -0.1) is 0 Å². The molecule has 3 rings (SSSR count). The summed E-state index contributed by atoms with van der Waals surface area (Å²) in [5.41, 5.74) is 10.0. The van der Waals surface area contributed by atoms with Crippen LogP contribution in [-0.4, -0.2) is 28.5 Å². The number of nitrogen functional groups attached to an aromatic ring is 1. The first kappa shape index (κ1) is 17.4. The van der Waals surface area contributed by atoms with E-state index in [4.69, 9.17) is 11.1 Å². The molecule has 0 aliphatic rings. The maximum absolute atomic E-state index is 11.2. The number of hydrogen-bond donors (Lipinski definition) is 2. The van der Waals surface area contributed by atoms with Crippen molar-refractivity contribution < 1.29 is 9.53 Å². The highest BCUT2D eigenvalue weighted by Gasteiger charge is 2.06. The van der Waals surface area contributed by atoms with Crippen LogP contribution in [-0.2, 0) is 16.0 Å². The molecular formula is C20H20N4O2. The number of methoxy groups -OCH3 is 1. The van der Waals surface area contributed by atoms with Gasteiger partial charge in [0.2, 0.25) is 0 Å². The predicted octanol–water partition coefficient (Wildman–Crippen LogP) is 2.93. The molecule has 132 valence electrons. The zero-order chi connectivity index (χ0) is 18.5. The summed E-state index contributed by atoms with van der Waals surface area (Å²) in [4.78, 5) is 15.7. The van der Waals surface area contributed by atoms with E-state index >= 15 is 0 Å². The van der Waals surface area contributed by atoms with Crippen molar-refractivity contribution in [2.75, 3.05) is 7.11 Å². The lowest BCUT2D eigenvalue weighted by atomic mass is 10.1. The van der Waals surface area contributed by atoms with Gasteiger partial charge in [0.15, 0.2) is 0 Å². The fourth-order valence-electron chi connectivity index (χ4n) is 2.62. The van der Waals surface area contributed by atoms with Crippen LogP contribution in [0.3, 0.4) is 0 Å². The van der Waals surface area contributed by atoms with Crippen LogP contribution in [0.1, 0.15) is 17.5 Å². The van der Waals surface area contributed by atoms with Crippen molar-refractivity contribution in [2.45, 2.75) is 12.8 Å². The standard InChI is InChI=1S/C20H20N4O2/c1-26-19(25)11-4-14-2-9-17(10-3-14)24-12-18(23-13-24)15-5-7-16(8-6-15)20(21)22/h2-3,5-10,12-13H,4,11H2,1H3,(H3,21,22). The smallest absolute Gasteiger partial charge is 0.305 e. The first-order valence-corrected chi connectivity index (χ1v) is 8.22. The van der Waals surface area contributed by atoms with Gasteiger partial charge in [0.25, 0.3) is 0 Å². The number of nitrogens with zero attached hydrogens (tertiary/aromatic N) is 2. The summed E-state index contributed by atoms with van der Waals surface area (Å²) in [5, 5.41) is 7.44. The Morgan fingerprint density at radius 1 is 1.15 bits per heavy atom. The summed E-state index contributed by atoms with van der Waals surface area (Å²) in [6, 6.07) is 15.4. The molecule has 26 heavy (non-hydrogen) atoms. The van der Waals surface area contributed by atoms with Crippen LogP contribution in [0.15, 0.2) is 61.1 Å². The zero-order valence-corrected chi connectivity index (χ0v) is 14.5. The van der Waals surface area contributed by atoms with Crippen LogP contribution in [0, 0.1) is 5.41 Å². The summed E-state index contributed by atoms with van der Waals surface area (Å²) in [6.07, 6.45) is 4.75. The number of rotatable bonds is 6. The van der Waals surface area contributed by atoms with Crippen molar-refractivity contribution in [1.82, 2.24) is 9.55 Å². The fraction of sp³-hybridized carbons (Fsp3) is 0.150. The monoisotopic (exact) mass is 348 g/mol. The molecule has 3 N–H and O–H groups in total. The van der Waals surface area contributed by atoms with Crippen molar-refractivity contribution in [1.29, 1.82) is 5.41 Å². The molecule has 1 aromatic heterocycles. The van der Waals surface area contributed by atoms with Crippen molar-refractivity contribution in [3.8, 4) is 16.9 Å². The van der Waals surface area contributed by atoms with E-state index in [0.29, 0.717) is 18.4 Å². The number of carbonyl (C=O) groups excluding carboxylic acids is 1. The lowest BCUT2D eigenvalue weighted by Gasteiger charge is -2.05. The molecule has 0 unspecified atom stereocenters. The number of hydrogen-bond acceptors (Lipinski definition) is 4. The average molecular weight is 348 g/mol. The number of ether oxygens (including phenoxy) is 1. The van der Waals surface area contributed by atoms with Gasteiger partial charge >= 0.3 is 5.97 Å². The van der Waals surface area contributed by atoms with Gasteiger partial charge < -0.3 is 15.0 Å². The van der Waals surface area contributed by atoms with E-state index in [9.17, 15) is 4.79 Å². The molecular weight excluding hydrogens is 328 g/mol. The zero-order valence-electron chi connectivity index (χ0n) is 14.5. The molecule has 0 radical (unpaired) electrons. The van der Waals surface area contributed by atoms with Gasteiger partial charge in [0, 0.05) is 29.4 Å². The van der Waals surface area contributed by atoms with Gasteiger partial charge in [-0.05, 0) is 24.1 Å². The Balaban J connectivity index is 1.73. The third-order valence-corrected chi connectivity index (χ3v) is 4.15. The second-order valence-electron chi connectivity index (χ2n) is 5.90. The molecule has 0 spiro atoms. The summed E-state index contributed by atoms with van der Waals surface area (Å²) in [5.74, 6) is -0.154. The molecule has 0 saturated carbocycles. The normalized spacial score (nSPS) is 10.5. The van der Waals surface area contributed by atoms with Gasteiger partial charge in [-0.25, -0.2) is 4.98 Å². The Morgan fingerprint density at radius 2 is 1.85 bits per heavy atom. The highest BCUT2D eigenvalue weighted by molar-refractivity contribution is 5.95. The van der Waals surface area contributed by atoms with Crippen molar-refractivity contribution in [3.63, 3.8) is 0 Å². The maximum Gasteiger partial charge on any atom is 0.305 e. The van der Waals surface area contributed by atoms with Crippen molar-refractivity contribution >= 4 is 11.8 Å². The summed E-state index contributed by atoms with van der Waals surface area (Å²) in [6.45, 7) is 0. The Bertz CT molecular complexity index is 912. The number of aromatic nitrogens is 2. The fourth-order valence-corrected chi connectivity index (χ4v) is 2.62. The quantitative estimate of drug-likeness (QED) is 0.407. The van der Waals surface area contributed by atoms with Crippen LogP contribution in [0.2, 0.25) is 0 Å². The number of imidazole rings is 1. The van der Waals surface area contributed by atoms with E-state index in [-0.39, 0.29) is 11.8 Å². The van der Waals surface area contributed by atoms with Crippen LogP contribution in [0.4, 0.5) is 0 Å². The Hall–Kier alpha value is -3.41. The Morgan fingerprint density at radius 3 is 2.46 bits per heavy atom. The molecule has 2 aromatic carbocycles. The predicted molar refractivity (Wildman–Crippen MR) is 100 cm³/mol. The third-order valence-electron chi connectivity index (χ3n) is 4.15. The van der Waals surface area contributed by atoms with E-state index in [2.05, 4.69) is 9.72 Å². The molecule has 0 fully saturated rings. The van der Waals surface area contributed by atoms with Gasteiger partial charge in [0.05, 0.1) is 19.1 Å². The van der Waals surface area contributed by atoms with Crippen LogP contribution in [0.25, 0.3) is 16.9 Å². The molecule has 1 heterocycles. The molecule has 3 aromatic rings. The van der Waals surface area contributed by atoms with E-state index in [0.717, 1.165) is 22.5 Å². The SMILES string of the molecule is COC(=O)CCc1ccc(-n2cnc(-c3ccc(C(=N)N)cc3)c2)cc1. The summed E-state index contributed by atoms with van der Waals surface area (Å²) >= 11 is 0. The molecule has 0 amide bonds. The number of aryl methyl sites for hydroxylation is 1. The van der Waals surface area contributed by atoms with Crippen molar-refractivity contribution in [2.24, 2.45) is 5.73 Å². The number of nitrogens with two attached hydrogens (primary N) is 1. The summed E-state index contributed by atoms with van der Waals surface area (Å²) in [7, 11) is 1.40. The molecule has 0 saturated heterocycles. The highest BCUT2D eigenvalue weighted by Crippen LogP contribution is 2.20. The van der Waals surface area contributed by atoms with Gasteiger partial charge in [-0.1, -0.05) is 36.4 Å². The molecule has 0 aliphatic carbocycles. The van der Waals surface area contributed by atoms with Crippen LogP contribution < -0.4 is 5.73 Å². The topological polar surface area (TPSA) is 94.0 Å². The minimum Gasteiger partial charge on any atom is -0.469 e. The maximum atomic E-state index is 11.2. The van der Waals surface area contributed by atoms with Gasteiger partial charge in [-0.3, -0.25) is 10.2 Å². The van der Waals surface area contributed by atoms with Crippen molar-refractivity contribution in [3.05, 3.63) is 72.2 Å². The highest BCUT2D eigenvalue weighted by atomic mass is 16.5. The number of benzene rings is 2. The second kappa shape index (κ2) is 7.65. The lowest BCUT2D eigenvalue weighted by Crippen LogP contribution is -2.10. The Labute approximate surface area is 151 Å².